The Bertz CT molecular complexity index is 273. The Morgan fingerprint density at radius 1 is 1.73 bits per heavy atom. The first kappa shape index (κ1) is 8.40. The van der Waals surface area contributed by atoms with E-state index in [9.17, 15) is 4.79 Å². The van der Waals surface area contributed by atoms with Gasteiger partial charge in [0.05, 0.1) is 0 Å². The van der Waals surface area contributed by atoms with Crippen LogP contribution in [0.3, 0.4) is 0 Å². The molecule has 0 fully saturated rings. The molecule has 11 heavy (non-hydrogen) atoms. The van der Waals surface area contributed by atoms with Gasteiger partial charge in [-0.25, -0.2) is 0 Å². The Kier molecular flexibility index (Phi) is 2.76. The minimum absolute atomic E-state index is 0.443. The molecule has 0 aliphatic heterocycles. The van der Waals surface area contributed by atoms with E-state index in [1.54, 1.807) is 6.20 Å². The lowest BCUT2D eigenvalue weighted by Crippen LogP contribution is -1.92. The van der Waals surface area contributed by atoms with Crippen molar-refractivity contribution in [1.82, 2.24) is 4.98 Å². The molecule has 0 spiro atoms. The first-order chi connectivity index (χ1) is 5.24. The maximum atomic E-state index is 10.2. The van der Waals surface area contributed by atoms with Crippen LogP contribution in [0.5, 0.6) is 0 Å². The molecule has 3 heteroatoms. The molecule has 1 aromatic rings. The minimum atomic E-state index is 0.443. The van der Waals surface area contributed by atoms with Gasteiger partial charge in [0.2, 0.25) is 0 Å². The Morgan fingerprint density at radius 3 is 3.09 bits per heavy atom. The largest absolute Gasteiger partial charge is 0.303 e. The number of halogens is 1. The van der Waals surface area contributed by atoms with Crippen LogP contribution in [0.25, 0.3) is 0 Å². The van der Waals surface area contributed by atoms with Gasteiger partial charge < -0.3 is 4.79 Å². The number of rotatable bonds is 2. The quantitative estimate of drug-likeness (QED) is 0.703. The molecule has 1 heterocycles. The number of aldehydes is 1. The van der Waals surface area contributed by atoms with Crippen LogP contribution < -0.4 is 0 Å². The summed E-state index contributed by atoms with van der Waals surface area (Å²) < 4.78 is 0.917. The number of carbonyl (C=O) groups is 1. The van der Waals surface area contributed by atoms with Gasteiger partial charge in [-0.15, -0.1) is 0 Å². The fourth-order valence-electron chi connectivity index (χ4n) is 0.846. The third-order valence-electron chi connectivity index (χ3n) is 1.46. The Morgan fingerprint density at radius 2 is 2.45 bits per heavy atom. The number of hydrogen-bond donors (Lipinski definition) is 0. The molecule has 0 aliphatic rings. The van der Waals surface area contributed by atoms with E-state index >= 15 is 0 Å². The summed E-state index contributed by atoms with van der Waals surface area (Å²) in [6.45, 7) is 1.89. The van der Waals surface area contributed by atoms with Crippen LogP contribution in [-0.4, -0.2) is 11.3 Å². The number of carbonyl (C=O) groups excluding carboxylic acids is 1. The van der Waals surface area contributed by atoms with Crippen molar-refractivity contribution >= 4 is 22.2 Å². The molecule has 0 saturated carbocycles. The van der Waals surface area contributed by atoms with Crippen molar-refractivity contribution in [2.75, 3.05) is 0 Å². The third-order valence-corrected chi connectivity index (χ3v) is 1.90. The molecule has 0 radical (unpaired) electrons. The van der Waals surface area contributed by atoms with Crippen LogP contribution in [0, 0.1) is 6.92 Å². The normalized spacial score (nSPS) is 9.64. The SMILES string of the molecule is Cc1ncc(Br)cc1CC=O. The fraction of sp³-hybridized carbons (Fsp3) is 0.250. The summed E-state index contributed by atoms with van der Waals surface area (Å²) in [5, 5.41) is 0. The summed E-state index contributed by atoms with van der Waals surface area (Å²) in [6.07, 6.45) is 3.05. The average Bonchev–Trinajstić information content (AvgIpc) is 1.98. The molecule has 0 aromatic carbocycles. The van der Waals surface area contributed by atoms with Crippen LogP contribution >= 0.6 is 15.9 Å². The fourth-order valence-corrected chi connectivity index (χ4v) is 1.22. The Labute approximate surface area is 73.8 Å². The van der Waals surface area contributed by atoms with Crippen molar-refractivity contribution in [3.63, 3.8) is 0 Å². The zero-order chi connectivity index (χ0) is 8.27. The molecule has 0 amide bonds. The first-order valence-corrected chi connectivity index (χ1v) is 4.08. The molecule has 1 rings (SSSR count). The predicted octanol–water partition coefficient (Wildman–Crippen LogP) is 1.89. The second-order valence-corrected chi connectivity index (χ2v) is 3.18. The second kappa shape index (κ2) is 3.62. The summed E-state index contributed by atoms with van der Waals surface area (Å²) in [7, 11) is 0. The van der Waals surface area contributed by atoms with Gasteiger partial charge >= 0.3 is 0 Å². The molecular formula is C8H8BrNO. The maximum absolute atomic E-state index is 10.2. The van der Waals surface area contributed by atoms with Gasteiger partial charge in [0.25, 0.3) is 0 Å². The van der Waals surface area contributed by atoms with Gasteiger partial charge in [0, 0.05) is 22.8 Å². The summed E-state index contributed by atoms with van der Waals surface area (Å²) >= 11 is 3.29. The molecule has 1 aromatic heterocycles. The van der Waals surface area contributed by atoms with E-state index in [1.165, 1.54) is 0 Å². The molecule has 0 bridgehead atoms. The van der Waals surface area contributed by atoms with Gasteiger partial charge in [0.15, 0.2) is 0 Å². The van der Waals surface area contributed by atoms with E-state index < -0.39 is 0 Å². The van der Waals surface area contributed by atoms with E-state index in [2.05, 4.69) is 20.9 Å². The molecule has 0 N–H and O–H groups in total. The molecule has 58 valence electrons. The van der Waals surface area contributed by atoms with E-state index in [-0.39, 0.29) is 0 Å². The van der Waals surface area contributed by atoms with Crippen LogP contribution in [0.4, 0.5) is 0 Å². The standard InChI is InChI=1S/C8H8BrNO/c1-6-7(2-3-11)4-8(9)5-10-6/h3-5H,2H2,1H3. The molecule has 0 aliphatic carbocycles. The van der Waals surface area contributed by atoms with Crippen molar-refractivity contribution in [3.8, 4) is 0 Å². The lowest BCUT2D eigenvalue weighted by molar-refractivity contribution is -0.107. The highest BCUT2D eigenvalue weighted by Crippen LogP contribution is 2.12. The summed E-state index contributed by atoms with van der Waals surface area (Å²) in [5.74, 6) is 0. The van der Waals surface area contributed by atoms with Crippen molar-refractivity contribution in [3.05, 3.63) is 28.0 Å². The smallest absolute Gasteiger partial charge is 0.124 e. The lowest BCUT2D eigenvalue weighted by Gasteiger charge is -1.99. The third kappa shape index (κ3) is 2.12. The molecule has 0 atom stereocenters. The Hall–Kier alpha value is -0.700. The highest BCUT2D eigenvalue weighted by molar-refractivity contribution is 9.10. The van der Waals surface area contributed by atoms with Crippen molar-refractivity contribution in [2.45, 2.75) is 13.3 Å². The monoisotopic (exact) mass is 213 g/mol. The predicted molar refractivity (Wildman–Crippen MR) is 46.4 cm³/mol. The zero-order valence-electron chi connectivity index (χ0n) is 6.17. The number of nitrogens with zero attached hydrogens (tertiary/aromatic N) is 1. The van der Waals surface area contributed by atoms with E-state index in [1.807, 2.05) is 13.0 Å². The number of hydrogen-bond acceptors (Lipinski definition) is 2. The summed E-state index contributed by atoms with van der Waals surface area (Å²) in [6, 6.07) is 1.91. The van der Waals surface area contributed by atoms with Gasteiger partial charge in [0.1, 0.15) is 6.29 Å². The van der Waals surface area contributed by atoms with Crippen molar-refractivity contribution in [2.24, 2.45) is 0 Å². The van der Waals surface area contributed by atoms with E-state index in [4.69, 9.17) is 0 Å². The zero-order valence-corrected chi connectivity index (χ0v) is 7.76. The molecule has 2 nitrogen and oxygen atoms in total. The van der Waals surface area contributed by atoms with Crippen molar-refractivity contribution in [1.29, 1.82) is 0 Å². The van der Waals surface area contributed by atoms with Crippen LogP contribution in [0.15, 0.2) is 16.7 Å². The molecule has 0 saturated heterocycles. The van der Waals surface area contributed by atoms with Crippen LogP contribution in [-0.2, 0) is 11.2 Å². The van der Waals surface area contributed by atoms with E-state index in [0.29, 0.717) is 6.42 Å². The van der Waals surface area contributed by atoms with Gasteiger partial charge in [-0.1, -0.05) is 0 Å². The average molecular weight is 214 g/mol. The molecule has 0 unspecified atom stereocenters. The van der Waals surface area contributed by atoms with Gasteiger partial charge in [-0.3, -0.25) is 4.98 Å². The van der Waals surface area contributed by atoms with Crippen LogP contribution in [0.2, 0.25) is 0 Å². The number of aromatic nitrogens is 1. The van der Waals surface area contributed by atoms with Crippen molar-refractivity contribution < 1.29 is 4.79 Å². The summed E-state index contributed by atoms with van der Waals surface area (Å²) in [5.41, 5.74) is 1.90. The lowest BCUT2D eigenvalue weighted by atomic mass is 10.1. The van der Waals surface area contributed by atoms with Gasteiger partial charge in [-0.05, 0) is 34.5 Å². The number of aryl methyl sites for hydroxylation is 1. The summed E-state index contributed by atoms with van der Waals surface area (Å²) in [4.78, 5) is 14.3. The first-order valence-electron chi connectivity index (χ1n) is 3.28. The second-order valence-electron chi connectivity index (χ2n) is 2.27. The molecular weight excluding hydrogens is 206 g/mol. The van der Waals surface area contributed by atoms with Gasteiger partial charge in [-0.2, -0.15) is 0 Å². The highest BCUT2D eigenvalue weighted by Gasteiger charge is 1.98. The Balaban J connectivity index is 3.01. The minimum Gasteiger partial charge on any atom is -0.303 e. The topological polar surface area (TPSA) is 30.0 Å². The maximum Gasteiger partial charge on any atom is 0.124 e. The van der Waals surface area contributed by atoms with E-state index in [0.717, 1.165) is 22.0 Å². The highest BCUT2D eigenvalue weighted by atomic mass is 79.9. The number of pyridine rings is 1. The van der Waals surface area contributed by atoms with Crippen LogP contribution in [0.1, 0.15) is 11.3 Å².